The molecule has 158 valence electrons. The SMILES string of the molecule is Nc1cc(CCC(=O)OC/C=C/c2ccccc2)cc(C/C=C/c2ccccc2)c1O. The molecule has 3 rings (SSSR count). The van der Waals surface area contributed by atoms with Crippen molar-refractivity contribution in [2.24, 2.45) is 0 Å². The van der Waals surface area contributed by atoms with Gasteiger partial charge in [-0.1, -0.05) is 85.0 Å². The topological polar surface area (TPSA) is 72.6 Å². The summed E-state index contributed by atoms with van der Waals surface area (Å²) < 4.78 is 5.27. The van der Waals surface area contributed by atoms with Gasteiger partial charge in [-0.25, -0.2) is 0 Å². The Morgan fingerprint density at radius 2 is 1.52 bits per heavy atom. The minimum Gasteiger partial charge on any atom is -0.505 e. The minimum atomic E-state index is -0.269. The monoisotopic (exact) mass is 413 g/mol. The predicted molar refractivity (Wildman–Crippen MR) is 126 cm³/mol. The summed E-state index contributed by atoms with van der Waals surface area (Å²) in [5.74, 6) is -0.176. The number of allylic oxidation sites excluding steroid dienone is 1. The molecule has 31 heavy (non-hydrogen) atoms. The summed E-state index contributed by atoms with van der Waals surface area (Å²) in [6.07, 6.45) is 9.03. The Morgan fingerprint density at radius 3 is 2.16 bits per heavy atom. The molecule has 0 bridgehead atoms. The van der Waals surface area contributed by atoms with Gasteiger partial charge in [0, 0.05) is 12.0 Å². The molecule has 0 amide bonds. The first-order chi connectivity index (χ1) is 15.1. The molecule has 0 heterocycles. The van der Waals surface area contributed by atoms with Crippen LogP contribution in [0.25, 0.3) is 12.2 Å². The number of carbonyl (C=O) groups is 1. The molecular formula is C27H27NO3. The number of hydrogen-bond acceptors (Lipinski definition) is 4. The van der Waals surface area contributed by atoms with E-state index in [2.05, 4.69) is 0 Å². The van der Waals surface area contributed by atoms with Crippen LogP contribution in [0.4, 0.5) is 5.69 Å². The Hall–Kier alpha value is -3.79. The number of ether oxygens (including phenoxy) is 1. The van der Waals surface area contributed by atoms with Gasteiger partial charge in [0.25, 0.3) is 0 Å². The van der Waals surface area contributed by atoms with Crippen molar-refractivity contribution in [3.05, 3.63) is 107 Å². The van der Waals surface area contributed by atoms with E-state index in [-0.39, 0.29) is 24.7 Å². The van der Waals surface area contributed by atoms with Crippen molar-refractivity contribution in [2.45, 2.75) is 19.3 Å². The number of aromatic hydroxyl groups is 1. The molecule has 3 aromatic rings. The molecule has 0 fully saturated rings. The van der Waals surface area contributed by atoms with Crippen LogP contribution in [0.1, 0.15) is 28.7 Å². The minimum absolute atomic E-state index is 0.0927. The molecule has 0 aliphatic carbocycles. The smallest absolute Gasteiger partial charge is 0.306 e. The Morgan fingerprint density at radius 1 is 0.903 bits per heavy atom. The van der Waals surface area contributed by atoms with E-state index in [1.54, 1.807) is 6.07 Å². The fourth-order valence-corrected chi connectivity index (χ4v) is 3.18. The molecule has 0 aliphatic rings. The number of rotatable bonds is 9. The van der Waals surface area contributed by atoms with Crippen molar-refractivity contribution >= 4 is 23.8 Å². The molecule has 0 unspecified atom stereocenters. The van der Waals surface area contributed by atoms with Gasteiger partial charge in [0.05, 0.1) is 5.69 Å². The van der Waals surface area contributed by atoms with Crippen LogP contribution < -0.4 is 5.73 Å². The predicted octanol–water partition coefficient (Wildman–Crippen LogP) is 5.42. The van der Waals surface area contributed by atoms with Crippen molar-refractivity contribution in [3.8, 4) is 5.75 Å². The fraction of sp³-hybridized carbons (Fsp3) is 0.148. The van der Waals surface area contributed by atoms with E-state index in [0.29, 0.717) is 18.5 Å². The quantitative estimate of drug-likeness (QED) is 0.279. The number of benzene rings is 3. The van der Waals surface area contributed by atoms with E-state index in [0.717, 1.165) is 22.3 Å². The maximum atomic E-state index is 12.0. The van der Waals surface area contributed by atoms with E-state index in [9.17, 15) is 9.90 Å². The van der Waals surface area contributed by atoms with Crippen molar-refractivity contribution in [1.82, 2.24) is 0 Å². The molecule has 3 aromatic carbocycles. The van der Waals surface area contributed by atoms with Crippen LogP contribution in [0, 0.1) is 0 Å². The first-order valence-electron chi connectivity index (χ1n) is 10.3. The van der Waals surface area contributed by atoms with E-state index >= 15 is 0 Å². The summed E-state index contributed by atoms with van der Waals surface area (Å²) in [5, 5.41) is 10.3. The summed E-state index contributed by atoms with van der Waals surface area (Å²) in [7, 11) is 0. The number of nitrogen functional groups attached to an aromatic ring is 1. The highest BCUT2D eigenvalue weighted by Gasteiger charge is 2.09. The maximum absolute atomic E-state index is 12.0. The highest BCUT2D eigenvalue weighted by molar-refractivity contribution is 5.70. The highest BCUT2D eigenvalue weighted by atomic mass is 16.5. The van der Waals surface area contributed by atoms with Crippen LogP contribution in [0.5, 0.6) is 5.75 Å². The molecule has 4 heteroatoms. The Balaban J connectivity index is 1.51. The van der Waals surface area contributed by atoms with Crippen LogP contribution in [-0.2, 0) is 22.4 Å². The molecule has 0 aliphatic heterocycles. The second-order valence-corrected chi connectivity index (χ2v) is 7.21. The van der Waals surface area contributed by atoms with Gasteiger partial charge < -0.3 is 15.6 Å². The third-order valence-corrected chi connectivity index (χ3v) is 4.79. The van der Waals surface area contributed by atoms with Crippen molar-refractivity contribution in [2.75, 3.05) is 12.3 Å². The zero-order chi connectivity index (χ0) is 21.9. The number of nitrogens with two attached hydrogens (primary N) is 1. The van der Waals surface area contributed by atoms with E-state index in [1.807, 2.05) is 91.0 Å². The lowest BCUT2D eigenvalue weighted by Crippen LogP contribution is -2.06. The number of hydrogen-bond donors (Lipinski definition) is 2. The summed E-state index contributed by atoms with van der Waals surface area (Å²) >= 11 is 0. The second kappa shape index (κ2) is 11.4. The fourth-order valence-electron chi connectivity index (χ4n) is 3.18. The first kappa shape index (κ1) is 21.9. The number of aryl methyl sites for hydroxylation is 1. The molecule has 0 radical (unpaired) electrons. The lowest BCUT2D eigenvalue weighted by Gasteiger charge is -2.09. The number of phenolic OH excluding ortho intramolecular Hbond substituents is 1. The largest absolute Gasteiger partial charge is 0.505 e. The highest BCUT2D eigenvalue weighted by Crippen LogP contribution is 2.28. The zero-order valence-corrected chi connectivity index (χ0v) is 17.4. The Kier molecular flexibility index (Phi) is 8.06. The van der Waals surface area contributed by atoms with Gasteiger partial charge in [0.1, 0.15) is 12.4 Å². The molecule has 0 spiro atoms. The third kappa shape index (κ3) is 7.19. The van der Waals surface area contributed by atoms with Crippen LogP contribution in [0.2, 0.25) is 0 Å². The summed E-state index contributed by atoms with van der Waals surface area (Å²) in [4.78, 5) is 12.0. The van der Waals surface area contributed by atoms with Crippen LogP contribution >= 0.6 is 0 Å². The Bertz CT molecular complexity index is 1040. The number of anilines is 1. The molecule has 0 aromatic heterocycles. The van der Waals surface area contributed by atoms with Crippen LogP contribution in [0.15, 0.2) is 84.9 Å². The number of esters is 1. The summed E-state index contributed by atoms with van der Waals surface area (Å²) in [6.45, 7) is 0.237. The molecular weight excluding hydrogens is 386 g/mol. The third-order valence-electron chi connectivity index (χ3n) is 4.79. The van der Waals surface area contributed by atoms with Gasteiger partial charge in [-0.05, 0) is 41.7 Å². The van der Waals surface area contributed by atoms with Gasteiger partial charge in [-0.2, -0.15) is 0 Å². The summed E-state index contributed by atoms with van der Waals surface area (Å²) in [6, 6.07) is 23.4. The zero-order valence-electron chi connectivity index (χ0n) is 17.4. The van der Waals surface area contributed by atoms with Crippen molar-refractivity contribution in [3.63, 3.8) is 0 Å². The van der Waals surface area contributed by atoms with Gasteiger partial charge in [-0.15, -0.1) is 0 Å². The second-order valence-electron chi connectivity index (χ2n) is 7.21. The number of carbonyl (C=O) groups excluding carboxylic acids is 1. The lowest BCUT2D eigenvalue weighted by atomic mass is 10.0. The average Bonchev–Trinajstić information content (AvgIpc) is 2.79. The number of phenols is 1. The van der Waals surface area contributed by atoms with E-state index < -0.39 is 0 Å². The molecule has 0 saturated heterocycles. The van der Waals surface area contributed by atoms with Crippen molar-refractivity contribution in [1.29, 1.82) is 0 Å². The first-order valence-corrected chi connectivity index (χ1v) is 10.3. The molecule has 0 saturated carbocycles. The van der Waals surface area contributed by atoms with Crippen molar-refractivity contribution < 1.29 is 14.6 Å². The van der Waals surface area contributed by atoms with Gasteiger partial charge in [0.15, 0.2) is 0 Å². The van der Waals surface area contributed by atoms with Gasteiger partial charge in [-0.3, -0.25) is 4.79 Å². The Labute approximate surface area is 183 Å². The summed E-state index contributed by atoms with van der Waals surface area (Å²) in [5.41, 5.74) is 10.1. The molecule has 4 nitrogen and oxygen atoms in total. The normalized spacial score (nSPS) is 11.2. The molecule has 3 N–H and O–H groups in total. The van der Waals surface area contributed by atoms with E-state index in [1.165, 1.54) is 0 Å². The lowest BCUT2D eigenvalue weighted by molar-refractivity contribution is -0.142. The van der Waals surface area contributed by atoms with Crippen LogP contribution in [0.3, 0.4) is 0 Å². The standard InChI is InChI=1S/C27H27NO3/c28-25-20-23(16-17-26(29)31-18-8-14-22-11-5-2-6-12-22)19-24(27(25)30)15-7-13-21-9-3-1-4-10-21/h1-14,19-20,30H,15-18,28H2/b13-7+,14-8+. The van der Waals surface area contributed by atoms with Gasteiger partial charge >= 0.3 is 5.97 Å². The average molecular weight is 414 g/mol. The maximum Gasteiger partial charge on any atom is 0.306 e. The van der Waals surface area contributed by atoms with E-state index in [4.69, 9.17) is 10.5 Å². The molecule has 0 atom stereocenters. The van der Waals surface area contributed by atoms with Gasteiger partial charge in [0.2, 0.25) is 0 Å². The van der Waals surface area contributed by atoms with Crippen LogP contribution in [-0.4, -0.2) is 17.7 Å².